The van der Waals surface area contributed by atoms with Crippen LogP contribution in [0, 0.1) is 17.3 Å². The summed E-state index contributed by atoms with van der Waals surface area (Å²) in [6.07, 6.45) is 6.60. The lowest BCUT2D eigenvalue weighted by Crippen LogP contribution is -2.54. The van der Waals surface area contributed by atoms with Gasteiger partial charge in [0.1, 0.15) is 0 Å². The molecule has 0 aliphatic heterocycles. The molecule has 3 aliphatic carbocycles. The van der Waals surface area contributed by atoms with Crippen LogP contribution in [-0.2, 0) is 0 Å². The SMILES string of the molecule is CCC(CC1=CCC2CC1C2(C)C)(C(=O)c1ccc(N(C)C)cc1)N(C)C. The van der Waals surface area contributed by atoms with Crippen LogP contribution in [-0.4, -0.2) is 44.4 Å². The van der Waals surface area contributed by atoms with E-state index in [1.165, 1.54) is 18.4 Å². The van der Waals surface area contributed by atoms with E-state index in [1.807, 2.05) is 38.4 Å². The number of carbonyl (C=O) groups excluding carboxylic acids is 1. The van der Waals surface area contributed by atoms with E-state index in [9.17, 15) is 4.79 Å². The Labute approximate surface area is 165 Å². The highest BCUT2D eigenvalue weighted by Gasteiger charge is 2.53. The van der Waals surface area contributed by atoms with Gasteiger partial charge in [-0.25, -0.2) is 0 Å². The molecule has 0 spiro atoms. The lowest BCUT2D eigenvalue weighted by atomic mass is 9.48. The number of likely N-dealkylation sites (N-methyl/N-ethyl adjacent to an activating group) is 1. The molecule has 0 N–H and O–H groups in total. The molecule has 1 aromatic rings. The average Bonchev–Trinajstić information content (AvgIpc) is 2.65. The van der Waals surface area contributed by atoms with Crippen molar-refractivity contribution in [3.8, 4) is 0 Å². The third-order valence-corrected chi connectivity index (χ3v) is 7.59. The highest BCUT2D eigenvalue weighted by Crippen LogP contribution is 2.60. The van der Waals surface area contributed by atoms with E-state index in [1.54, 1.807) is 0 Å². The van der Waals surface area contributed by atoms with Crippen molar-refractivity contribution < 1.29 is 4.79 Å². The maximum atomic E-state index is 13.7. The predicted molar refractivity (Wildman–Crippen MR) is 115 cm³/mol. The van der Waals surface area contributed by atoms with Gasteiger partial charge in [0.05, 0.1) is 5.54 Å². The monoisotopic (exact) mass is 368 g/mol. The second-order valence-corrected chi connectivity index (χ2v) is 9.55. The molecule has 3 heteroatoms. The molecule has 0 radical (unpaired) electrons. The molecule has 3 unspecified atom stereocenters. The Balaban J connectivity index is 1.91. The zero-order valence-electron chi connectivity index (χ0n) is 18.2. The molecule has 1 saturated carbocycles. The summed E-state index contributed by atoms with van der Waals surface area (Å²) >= 11 is 0. The second-order valence-electron chi connectivity index (χ2n) is 9.55. The lowest BCUT2D eigenvalue weighted by molar-refractivity contribution is -0.0132. The van der Waals surface area contributed by atoms with Gasteiger partial charge in [-0.3, -0.25) is 9.69 Å². The van der Waals surface area contributed by atoms with Gasteiger partial charge in [0, 0.05) is 25.3 Å². The van der Waals surface area contributed by atoms with Crippen molar-refractivity contribution in [2.75, 3.05) is 33.1 Å². The second kappa shape index (κ2) is 7.09. The molecule has 1 fully saturated rings. The molecule has 3 atom stereocenters. The van der Waals surface area contributed by atoms with Crippen molar-refractivity contribution >= 4 is 11.5 Å². The van der Waals surface area contributed by atoms with Crippen LogP contribution < -0.4 is 4.90 Å². The van der Waals surface area contributed by atoms with Gasteiger partial charge in [0.25, 0.3) is 0 Å². The summed E-state index contributed by atoms with van der Waals surface area (Å²) < 4.78 is 0. The number of Topliss-reactive ketones (excluding diaryl/α,β-unsaturated/α-hetero) is 1. The number of anilines is 1. The third-order valence-electron chi connectivity index (χ3n) is 7.59. The first-order chi connectivity index (χ1) is 12.6. The number of hydrogen-bond donors (Lipinski definition) is 0. The quantitative estimate of drug-likeness (QED) is 0.498. The number of rotatable bonds is 7. The highest BCUT2D eigenvalue weighted by molar-refractivity contribution is 6.03. The minimum Gasteiger partial charge on any atom is -0.378 e. The van der Waals surface area contributed by atoms with Crippen LogP contribution in [0.25, 0.3) is 0 Å². The number of hydrogen-bond acceptors (Lipinski definition) is 3. The van der Waals surface area contributed by atoms with Gasteiger partial charge in [-0.15, -0.1) is 0 Å². The van der Waals surface area contributed by atoms with Gasteiger partial charge in [-0.2, -0.15) is 0 Å². The summed E-state index contributed by atoms with van der Waals surface area (Å²) in [6, 6.07) is 8.07. The Bertz CT molecular complexity index is 729. The van der Waals surface area contributed by atoms with E-state index >= 15 is 0 Å². The first-order valence-electron chi connectivity index (χ1n) is 10.3. The molecule has 0 amide bonds. The summed E-state index contributed by atoms with van der Waals surface area (Å²) in [5, 5.41) is 0. The maximum Gasteiger partial charge on any atom is 0.183 e. The predicted octanol–water partition coefficient (Wildman–Crippen LogP) is 5.03. The fraction of sp³-hybridized carbons (Fsp3) is 0.625. The van der Waals surface area contributed by atoms with Crippen LogP contribution in [0.2, 0.25) is 0 Å². The summed E-state index contributed by atoms with van der Waals surface area (Å²) in [7, 11) is 8.17. The van der Waals surface area contributed by atoms with Crippen LogP contribution in [0.3, 0.4) is 0 Å². The molecule has 3 aliphatic rings. The zero-order chi connectivity index (χ0) is 20.0. The van der Waals surface area contributed by atoms with E-state index in [0.717, 1.165) is 30.0 Å². The first-order valence-corrected chi connectivity index (χ1v) is 10.3. The fourth-order valence-electron chi connectivity index (χ4n) is 5.24. The van der Waals surface area contributed by atoms with Gasteiger partial charge in [-0.05, 0) is 81.3 Å². The van der Waals surface area contributed by atoms with Gasteiger partial charge < -0.3 is 4.90 Å². The van der Waals surface area contributed by atoms with Crippen molar-refractivity contribution in [2.45, 2.75) is 52.0 Å². The molecule has 3 nitrogen and oxygen atoms in total. The standard InChI is InChI=1S/C24H36N2O/c1-8-24(26(6)7,16-18-9-12-19-15-21(18)23(19,2)3)22(27)17-10-13-20(14-11-17)25(4)5/h9-11,13-14,19,21H,8,12,15-16H2,1-7H3. The number of benzene rings is 1. The number of allylic oxidation sites excluding steroid dienone is 1. The van der Waals surface area contributed by atoms with E-state index < -0.39 is 5.54 Å². The highest BCUT2D eigenvalue weighted by atomic mass is 16.1. The van der Waals surface area contributed by atoms with Crippen molar-refractivity contribution in [3.63, 3.8) is 0 Å². The third kappa shape index (κ3) is 3.24. The van der Waals surface area contributed by atoms with E-state index in [-0.39, 0.29) is 5.78 Å². The van der Waals surface area contributed by atoms with Crippen LogP contribution in [0.1, 0.15) is 56.8 Å². The Kier molecular flexibility index (Phi) is 5.28. The Morgan fingerprint density at radius 2 is 1.78 bits per heavy atom. The van der Waals surface area contributed by atoms with Crippen molar-refractivity contribution in [2.24, 2.45) is 17.3 Å². The number of carbonyl (C=O) groups is 1. The van der Waals surface area contributed by atoms with Gasteiger partial charge >= 0.3 is 0 Å². The molecule has 1 aromatic carbocycles. The fourth-order valence-corrected chi connectivity index (χ4v) is 5.24. The van der Waals surface area contributed by atoms with Crippen LogP contribution in [0.15, 0.2) is 35.9 Å². The largest absolute Gasteiger partial charge is 0.378 e. The van der Waals surface area contributed by atoms with Gasteiger partial charge in [0.2, 0.25) is 0 Å². The maximum absolute atomic E-state index is 13.7. The summed E-state index contributed by atoms with van der Waals surface area (Å²) in [4.78, 5) is 17.9. The van der Waals surface area contributed by atoms with Crippen molar-refractivity contribution in [1.82, 2.24) is 4.90 Å². The number of ketones is 1. The summed E-state index contributed by atoms with van der Waals surface area (Å²) in [5.41, 5.74) is 3.38. The van der Waals surface area contributed by atoms with Crippen molar-refractivity contribution in [3.05, 3.63) is 41.5 Å². The topological polar surface area (TPSA) is 23.6 Å². The minimum absolute atomic E-state index is 0.250. The molecule has 148 valence electrons. The molecule has 2 bridgehead atoms. The average molecular weight is 369 g/mol. The van der Waals surface area contributed by atoms with Crippen LogP contribution in [0.4, 0.5) is 5.69 Å². The van der Waals surface area contributed by atoms with Gasteiger partial charge in [-0.1, -0.05) is 32.4 Å². The molecule has 0 heterocycles. The van der Waals surface area contributed by atoms with E-state index in [0.29, 0.717) is 11.3 Å². The summed E-state index contributed by atoms with van der Waals surface area (Å²) in [5.74, 6) is 1.72. The number of fused-ring (bicyclic) bond motifs is 1. The molecular weight excluding hydrogens is 332 g/mol. The van der Waals surface area contributed by atoms with E-state index in [4.69, 9.17) is 0 Å². The van der Waals surface area contributed by atoms with Gasteiger partial charge in [0.15, 0.2) is 5.78 Å². The normalized spacial score (nSPS) is 25.4. The minimum atomic E-state index is -0.468. The molecule has 27 heavy (non-hydrogen) atoms. The Morgan fingerprint density at radius 3 is 2.22 bits per heavy atom. The lowest BCUT2D eigenvalue weighted by Gasteiger charge is -2.57. The van der Waals surface area contributed by atoms with Crippen molar-refractivity contribution in [1.29, 1.82) is 0 Å². The molecule has 4 rings (SSSR count). The Hall–Kier alpha value is -1.61. The first kappa shape index (κ1) is 20.1. The Morgan fingerprint density at radius 1 is 1.15 bits per heavy atom. The molecule has 0 saturated heterocycles. The number of nitrogens with zero attached hydrogens (tertiary/aromatic N) is 2. The van der Waals surface area contributed by atoms with Crippen LogP contribution >= 0.6 is 0 Å². The smallest absolute Gasteiger partial charge is 0.183 e. The molecular formula is C24H36N2O. The molecule has 0 aromatic heterocycles. The van der Waals surface area contributed by atoms with Crippen LogP contribution in [0.5, 0.6) is 0 Å². The van der Waals surface area contributed by atoms with E-state index in [2.05, 4.69) is 50.7 Å². The zero-order valence-corrected chi connectivity index (χ0v) is 18.2. The summed E-state index contributed by atoms with van der Waals surface area (Å²) in [6.45, 7) is 6.97.